The van der Waals surface area contributed by atoms with E-state index in [1.54, 1.807) is 0 Å². The summed E-state index contributed by atoms with van der Waals surface area (Å²) in [6, 6.07) is -1.78. The number of nitrogens with zero attached hydrogens (tertiary/aromatic N) is 2. The zero-order valence-corrected chi connectivity index (χ0v) is 16.6. The molecule has 6 fully saturated rings. The van der Waals surface area contributed by atoms with E-state index in [4.69, 9.17) is 0 Å². The number of fused-ring (bicyclic) bond motifs is 3. The fourth-order valence-electron chi connectivity index (χ4n) is 6.08. The molecule has 9 unspecified atom stereocenters. The summed E-state index contributed by atoms with van der Waals surface area (Å²) in [6.07, 6.45) is -1.06. The summed E-state index contributed by atoms with van der Waals surface area (Å²) in [5, 5.41) is 31.3. The first-order chi connectivity index (χ1) is 13.7. The number of aliphatic hydroxyl groups excluding tert-OH is 3. The van der Waals surface area contributed by atoms with Gasteiger partial charge in [-0.25, -0.2) is 0 Å². The number of allylic oxidation sites excluding steroid dienone is 1. The lowest BCUT2D eigenvalue weighted by molar-refractivity contribution is -0.172. The van der Waals surface area contributed by atoms with Crippen LogP contribution in [0.25, 0.3) is 0 Å². The molecule has 0 radical (unpaired) electrons. The van der Waals surface area contributed by atoms with Crippen molar-refractivity contribution in [2.45, 2.75) is 59.4 Å². The number of amides is 2. The SMILES string of the molecule is O=C1C=CC(O)C2C1CC13SSC4(CC5C(=O)CC(O)C(O)C5N4C1=O)C(=O)N23. The topological polar surface area (TPSA) is 135 Å². The minimum Gasteiger partial charge on any atom is -0.390 e. The van der Waals surface area contributed by atoms with Crippen LogP contribution < -0.4 is 0 Å². The molecular formula is C18H18N2O7S2. The molecule has 2 aliphatic carbocycles. The highest BCUT2D eigenvalue weighted by Gasteiger charge is 2.79. The highest BCUT2D eigenvalue weighted by Crippen LogP contribution is 2.69. The minimum absolute atomic E-state index is 0.0619. The molecule has 5 saturated heterocycles. The second kappa shape index (κ2) is 5.44. The third-order valence-electron chi connectivity index (χ3n) is 7.36. The molecule has 9 nitrogen and oxygen atoms in total. The number of carbonyl (C=O) groups excluding carboxylic acids is 4. The van der Waals surface area contributed by atoms with Gasteiger partial charge < -0.3 is 25.1 Å². The smallest absolute Gasteiger partial charge is 0.261 e. The van der Waals surface area contributed by atoms with E-state index in [9.17, 15) is 34.5 Å². The molecule has 2 amide bonds. The van der Waals surface area contributed by atoms with Gasteiger partial charge in [-0.15, -0.1) is 0 Å². The van der Waals surface area contributed by atoms with Gasteiger partial charge in [0.25, 0.3) is 11.8 Å². The molecule has 0 aromatic heterocycles. The first kappa shape index (κ1) is 18.4. The van der Waals surface area contributed by atoms with Crippen LogP contribution in [0.4, 0.5) is 0 Å². The van der Waals surface area contributed by atoms with Crippen LogP contribution in [0.5, 0.6) is 0 Å². The highest BCUT2D eigenvalue weighted by molar-refractivity contribution is 8.78. The molecule has 0 aromatic carbocycles. The lowest BCUT2D eigenvalue weighted by Crippen LogP contribution is -2.77. The van der Waals surface area contributed by atoms with Crippen LogP contribution in [0.2, 0.25) is 0 Å². The summed E-state index contributed by atoms with van der Waals surface area (Å²) >= 11 is 0. The molecular weight excluding hydrogens is 420 g/mol. The number of hydrogen-bond donors (Lipinski definition) is 3. The zero-order valence-electron chi connectivity index (χ0n) is 15.0. The van der Waals surface area contributed by atoms with E-state index in [1.807, 2.05) is 0 Å². The Morgan fingerprint density at radius 3 is 2.14 bits per heavy atom. The summed E-state index contributed by atoms with van der Waals surface area (Å²) in [5.74, 6) is -2.72. The van der Waals surface area contributed by atoms with Crippen LogP contribution in [0.15, 0.2) is 12.2 Å². The number of piperazine rings is 1. The first-order valence-electron chi connectivity index (χ1n) is 9.56. The second-order valence-corrected chi connectivity index (χ2v) is 11.4. The van der Waals surface area contributed by atoms with Gasteiger partial charge in [-0.05, 0) is 6.08 Å². The standard InChI is InChI=1S/C18H18N2O7S2/c21-8-1-2-9(22)12-6(8)4-17-16(27)20-13-7(10(23)3-11(24)14(13)25)5-18(20,29-28-17)15(26)19(12)17/h1-2,6-7,9,11-14,22,24-25H,3-5H2. The normalized spacial score (nSPS) is 52.6. The van der Waals surface area contributed by atoms with Crippen molar-refractivity contribution in [1.29, 1.82) is 0 Å². The molecule has 2 spiro atoms. The van der Waals surface area contributed by atoms with Crippen molar-refractivity contribution in [3.05, 3.63) is 12.2 Å². The molecule has 3 N–H and O–H groups in total. The Bertz CT molecular complexity index is 926. The van der Waals surface area contributed by atoms with Crippen LogP contribution in [0.3, 0.4) is 0 Å². The van der Waals surface area contributed by atoms with Crippen molar-refractivity contribution in [3.63, 3.8) is 0 Å². The third-order valence-corrected chi connectivity index (χ3v) is 11.0. The molecule has 0 aromatic rings. The van der Waals surface area contributed by atoms with E-state index < -0.39 is 63.8 Å². The molecule has 7 rings (SSSR count). The van der Waals surface area contributed by atoms with Gasteiger partial charge in [-0.3, -0.25) is 19.2 Å². The number of carbonyl (C=O) groups is 4. The van der Waals surface area contributed by atoms with Crippen LogP contribution >= 0.6 is 21.6 Å². The number of rotatable bonds is 0. The average Bonchev–Trinajstić information content (AvgIpc) is 3.23. The number of Topliss-reactive ketones (excluding diaryl/α,β-unsaturated/α-hetero) is 1. The Morgan fingerprint density at radius 1 is 0.897 bits per heavy atom. The largest absolute Gasteiger partial charge is 0.390 e. The van der Waals surface area contributed by atoms with Gasteiger partial charge in [0.1, 0.15) is 11.9 Å². The lowest BCUT2D eigenvalue weighted by atomic mass is 9.80. The summed E-state index contributed by atoms with van der Waals surface area (Å²) in [5.41, 5.74) is 0. The predicted molar refractivity (Wildman–Crippen MR) is 99.9 cm³/mol. The Balaban J connectivity index is 1.51. The summed E-state index contributed by atoms with van der Waals surface area (Å²) in [6.45, 7) is 0. The van der Waals surface area contributed by atoms with Gasteiger partial charge in [0.15, 0.2) is 15.5 Å². The zero-order chi connectivity index (χ0) is 20.5. The van der Waals surface area contributed by atoms with Crippen molar-refractivity contribution >= 4 is 45.0 Å². The first-order valence-corrected chi connectivity index (χ1v) is 11.7. The predicted octanol–water partition coefficient (Wildman–Crippen LogP) is -1.58. The van der Waals surface area contributed by atoms with Crippen molar-refractivity contribution < 1.29 is 34.5 Å². The van der Waals surface area contributed by atoms with Crippen molar-refractivity contribution in [1.82, 2.24) is 9.80 Å². The van der Waals surface area contributed by atoms with E-state index in [0.29, 0.717) is 0 Å². The molecule has 154 valence electrons. The van der Waals surface area contributed by atoms with Crippen molar-refractivity contribution in [2.75, 3.05) is 0 Å². The molecule has 5 aliphatic heterocycles. The van der Waals surface area contributed by atoms with Crippen LogP contribution in [-0.2, 0) is 19.2 Å². The van der Waals surface area contributed by atoms with Crippen molar-refractivity contribution in [2.24, 2.45) is 11.8 Å². The van der Waals surface area contributed by atoms with Gasteiger partial charge in [0.2, 0.25) is 0 Å². The van der Waals surface area contributed by atoms with Crippen molar-refractivity contribution in [3.8, 4) is 0 Å². The van der Waals surface area contributed by atoms with Gasteiger partial charge in [-0.2, -0.15) is 0 Å². The van der Waals surface area contributed by atoms with E-state index in [-0.39, 0.29) is 30.8 Å². The monoisotopic (exact) mass is 438 g/mol. The fraction of sp³-hybridized carbons (Fsp3) is 0.667. The number of ketones is 2. The van der Waals surface area contributed by atoms with Crippen LogP contribution in [-0.4, -0.2) is 88.6 Å². The second-order valence-electron chi connectivity index (χ2n) is 8.67. The molecule has 29 heavy (non-hydrogen) atoms. The Kier molecular flexibility index (Phi) is 3.45. The summed E-state index contributed by atoms with van der Waals surface area (Å²) in [4.78, 5) is 52.5. The minimum atomic E-state index is -1.38. The van der Waals surface area contributed by atoms with E-state index in [2.05, 4.69) is 0 Å². The van der Waals surface area contributed by atoms with Gasteiger partial charge in [0.05, 0.1) is 24.3 Å². The number of hydrogen-bond acceptors (Lipinski definition) is 9. The van der Waals surface area contributed by atoms with E-state index >= 15 is 0 Å². The fourth-order valence-corrected chi connectivity index (χ4v) is 9.91. The Hall–Kier alpha value is -1.40. The molecule has 9 atom stereocenters. The van der Waals surface area contributed by atoms with E-state index in [1.165, 1.54) is 43.5 Å². The Labute approximate surface area is 172 Å². The average molecular weight is 438 g/mol. The lowest BCUT2D eigenvalue weighted by Gasteiger charge is -2.59. The van der Waals surface area contributed by atoms with Crippen LogP contribution in [0, 0.1) is 11.8 Å². The molecule has 2 bridgehead atoms. The summed E-state index contributed by atoms with van der Waals surface area (Å²) < 4.78 is 0. The van der Waals surface area contributed by atoms with Gasteiger partial charge >= 0.3 is 0 Å². The van der Waals surface area contributed by atoms with Crippen LogP contribution in [0.1, 0.15) is 19.3 Å². The summed E-state index contributed by atoms with van der Waals surface area (Å²) in [7, 11) is 2.41. The van der Waals surface area contributed by atoms with E-state index in [0.717, 1.165) is 0 Å². The highest BCUT2D eigenvalue weighted by atomic mass is 33.1. The molecule has 7 aliphatic rings. The maximum Gasteiger partial charge on any atom is 0.261 e. The third kappa shape index (κ3) is 1.88. The maximum absolute atomic E-state index is 13.8. The molecule has 5 heterocycles. The number of aliphatic hydroxyl groups is 3. The maximum atomic E-state index is 13.8. The van der Waals surface area contributed by atoms with Gasteiger partial charge in [0, 0.05) is 31.1 Å². The quantitative estimate of drug-likeness (QED) is 0.383. The van der Waals surface area contributed by atoms with Gasteiger partial charge in [-0.1, -0.05) is 27.7 Å². The molecule has 11 heteroatoms. The Morgan fingerprint density at radius 2 is 1.48 bits per heavy atom. The molecule has 1 saturated carbocycles.